The van der Waals surface area contributed by atoms with Crippen LogP contribution in [0.3, 0.4) is 0 Å². The Hall–Kier alpha value is -2.89. The quantitative estimate of drug-likeness (QED) is 0.238. The molecule has 0 spiro atoms. The molecule has 0 aromatic heterocycles. The summed E-state index contributed by atoms with van der Waals surface area (Å²) < 4.78 is 16.9. The first-order valence-electron chi connectivity index (χ1n) is 12.1. The highest BCUT2D eigenvalue weighted by Gasteiger charge is 2.10. The number of ether oxygens (including phenoxy) is 3. The van der Waals surface area contributed by atoms with Crippen molar-refractivity contribution in [3.05, 3.63) is 48.0 Å². The number of benzene rings is 2. The van der Waals surface area contributed by atoms with E-state index in [4.69, 9.17) is 19.3 Å². The molecule has 0 atom stereocenters. The first-order chi connectivity index (χ1) is 16.1. The van der Waals surface area contributed by atoms with Crippen LogP contribution in [-0.2, 0) is 0 Å². The van der Waals surface area contributed by atoms with Crippen molar-refractivity contribution >= 4 is 5.97 Å². The largest absolute Gasteiger partial charge is 0.507 e. The Labute approximate surface area is 197 Å². The van der Waals surface area contributed by atoms with Crippen LogP contribution in [-0.4, -0.2) is 36.0 Å². The summed E-state index contributed by atoms with van der Waals surface area (Å²) in [4.78, 5) is 10.9. The van der Waals surface area contributed by atoms with Gasteiger partial charge in [-0.05, 0) is 42.8 Å². The van der Waals surface area contributed by atoms with Gasteiger partial charge >= 0.3 is 5.97 Å². The van der Waals surface area contributed by atoms with Crippen molar-refractivity contribution in [3.63, 3.8) is 0 Å². The standard InChI is InChI=1S/C27H38O6/c1-2-3-4-5-6-7-8-9-10-11-18-31-22-12-14-23(15-13-22)32-19-20-33-24-16-17-25(27(29)30)26(28)21-24/h12-17,21,28H,2-11,18-20H2,1H3,(H,29,30). The van der Waals surface area contributed by atoms with Gasteiger partial charge in [0, 0.05) is 6.07 Å². The number of hydrogen-bond acceptors (Lipinski definition) is 5. The number of rotatable bonds is 18. The van der Waals surface area contributed by atoms with Crippen LogP contribution in [0, 0.1) is 0 Å². The number of carboxylic acids is 1. The summed E-state index contributed by atoms with van der Waals surface area (Å²) in [6.45, 7) is 3.58. The number of carboxylic acid groups (broad SMARTS) is 1. The van der Waals surface area contributed by atoms with Crippen LogP contribution in [0.1, 0.15) is 81.5 Å². The third-order valence-corrected chi connectivity index (χ3v) is 5.41. The van der Waals surface area contributed by atoms with E-state index in [0.29, 0.717) is 18.1 Å². The van der Waals surface area contributed by atoms with Crippen molar-refractivity contribution in [2.75, 3.05) is 19.8 Å². The van der Waals surface area contributed by atoms with Gasteiger partial charge in [-0.1, -0.05) is 64.7 Å². The monoisotopic (exact) mass is 458 g/mol. The average molecular weight is 459 g/mol. The van der Waals surface area contributed by atoms with Crippen molar-refractivity contribution in [1.29, 1.82) is 0 Å². The van der Waals surface area contributed by atoms with Crippen molar-refractivity contribution in [3.8, 4) is 23.0 Å². The maximum absolute atomic E-state index is 10.9. The third-order valence-electron chi connectivity index (χ3n) is 5.41. The Bertz CT molecular complexity index is 803. The molecule has 0 amide bonds. The first kappa shape index (κ1) is 26.4. The molecule has 6 nitrogen and oxygen atoms in total. The number of phenols is 1. The van der Waals surface area contributed by atoms with Gasteiger partial charge in [0.1, 0.15) is 41.8 Å². The predicted molar refractivity (Wildman–Crippen MR) is 130 cm³/mol. The molecule has 0 aliphatic rings. The van der Waals surface area contributed by atoms with Gasteiger partial charge in [-0.2, -0.15) is 0 Å². The van der Waals surface area contributed by atoms with Crippen LogP contribution >= 0.6 is 0 Å². The van der Waals surface area contributed by atoms with Gasteiger partial charge in [-0.25, -0.2) is 4.79 Å². The molecule has 2 rings (SSSR count). The van der Waals surface area contributed by atoms with E-state index in [9.17, 15) is 9.90 Å². The molecule has 0 unspecified atom stereocenters. The minimum absolute atomic E-state index is 0.158. The van der Waals surface area contributed by atoms with E-state index >= 15 is 0 Å². The average Bonchev–Trinajstić information content (AvgIpc) is 2.81. The second-order valence-electron chi connectivity index (χ2n) is 8.18. The molecule has 182 valence electrons. The highest BCUT2D eigenvalue weighted by atomic mass is 16.5. The predicted octanol–water partition coefficient (Wildman–Crippen LogP) is 6.85. The van der Waals surface area contributed by atoms with Crippen LogP contribution in [0.2, 0.25) is 0 Å². The molecule has 2 N–H and O–H groups in total. The molecular weight excluding hydrogens is 420 g/mol. The normalized spacial score (nSPS) is 10.7. The lowest BCUT2D eigenvalue weighted by molar-refractivity contribution is 0.0693. The van der Waals surface area contributed by atoms with Gasteiger partial charge in [0.2, 0.25) is 0 Å². The van der Waals surface area contributed by atoms with Gasteiger partial charge in [-0.3, -0.25) is 0 Å². The summed E-state index contributed by atoms with van der Waals surface area (Å²) in [5.74, 6) is 0.432. The first-order valence-corrected chi connectivity index (χ1v) is 12.1. The van der Waals surface area contributed by atoms with Crippen LogP contribution in [0.5, 0.6) is 23.0 Å². The second kappa shape index (κ2) is 15.8. The summed E-state index contributed by atoms with van der Waals surface area (Å²) in [7, 11) is 0. The summed E-state index contributed by atoms with van der Waals surface area (Å²) in [6, 6.07) is 11.6. The second-order valence-corrected chi connectivity index (χ2v) is 8.18. The summed E-state index contributed by atoms with van der Waals surface area (Å²) in [6.07, 6.45) is 13.1. The SMILES string of the molecule is CCCCCCCCCCCCOc1ccc(OCCOc2ccc(C(=O)O)c(O)c2)cc1. The molecule has 2 aromatic carbocycles. The van der Waals surface area contributed by atoms with E-state index in [-0.39, 0.29) is 17.9 Å². The van der Waals surface area contributed by atoms with Gasteiger partial charge in [-0.15, -0.1) is 0 Å². The van der Waals surface area contributed by atoms with E-state index in [0.717, 1.165) is 18.8 Å². The van der Waals surface area contributed by atoms with Gasteiger partial charge in [0.15, 0.2) is 0 Å². The summed E-state index contributed by atoms with van der Waals surface area (Å²) in [5.41, 5.74) is -0.158. The van der Waals surface area contributed by atoms with E-state index in [1.165, 1.54) is 76.0 Å². The van der Waals surface area contributed by atoms with E-state index in [1.807, 2.05) is 24.3 Å². The Kier molecular flexibility index (Phi) is 12.7. The molecule has 0 aliphatic carbocycles. The zero-order chi connectivity index (χ0) is 23.7. The number of unbranched alkanes of at least 4 members (excludes halogenated alkanes) is 9. The fraction of sp³-hybridized carbons (Fsp3) is 0.519. The van der Waals surface area contributed by atoms with Crippen LogP contribution in [0.25, 0.3) is 0 Å². The molecule has 2 aromatic rings. The maximum atomic E-state index is 10.9. The highest BCUT2D eigenvalue weighted by Crippen LogP contribution is 2.24. The van der Waals surface area contributed by atoms with Crippen molar-refractivity contribution < 1.29 is 29.2 Å². The lowest BCUT2D eigenvalue weighted by atomic mass is 10.1. The summed E-state index contributed by atoms with van der Waals surface area (Å²) >= 11 is 0. The highest BCUT2D eigenvalue weighted by molar-refractivity contribution is 5.90. The molecular formula is C27H38O6. The molecule has 0 aliphatic heterocycles. The zero-order valence-electron chi connectivity index (χ0n) is 19.8. The maximum Gasteiger partial charge on any atom is 0.339 e. The van der Waals surface area contributed by atoms with Crippen LogP contribution in [0.15, 0.2) is 42.5 Å². The fourth-order valence-corrected chi connectivity index (χ4v) is 3.51. The van der Waals surface area contributed by atoms with E-state index < -0.39 is 5.97 Å². The van der Waals surface area contributed by atoms with Gasteiger partial charge in [0.25, 0.3) is 0 Å². The smallest absolute Gasteiger partial charge is 0.339 e. The summed E-state index contributed by atoms with van der Waals surface area (Å²) in [5, 5.41) is 18.6. The molecule has 33 heavy (non-hydrogen) atoms. The number of hydrogen-bond donors (Lipinski definition) is 2. The minimum Gasteiger partial charge on any atom is -0.507 e. The van der Waals surface area contributed by atoms with Crippen molar-refractivity contribution in [1.82, 2.24) is 0 Å². The molecule has 0 bridgehead atoms. The number of aromatic hydroxyl groups is 1. The molecule has 0 fully saturated rings. The third kappa shape index (κ3) is 11.0. The molecule has 6 heteroatoms. The van der Waals surface area contributed by atoms with Gasteiger partial charge in [0.05, 0.1) is 6.61 Å². The van der Waals surface area contributed by atoms with Crippen molar-refractivity contribution in [2.24, 2.45) is 0 Å². The zero-order valence-corrected chi connectivity index (χ0v) is 19.8. The lowest BCUT2D eigenvalue weighted by Gasteiger charge is -2.10. The topological polar surface area (TPSA) is 85.2 Å². The van der Waals surface area contributed by atoms with Crippen LogP contribution in [0.4, 0.5) is 0 Å². The minimum atomic E-state index is -1.18. The Morgan fingerprint density at radius 3 is 1.64 bits per heavy atom. The van der Waals surface area contributed by atoms with Crippen LogP contribution < -0.4 is 14.2 Å². The fourth-order valence-electron chi connectivity index (χ4n) is 3.51. The molecule has 0 heterocycles. The molecule has 0 saturated carbocycles. The lowest BCUT2D eigenvalue weighted by Crippen LogP contribution is -2.09. The van der Waals surface area contributed by atoms with E-state index in [2.05, 4.69) is 6.92 Å². The van der Waals surface area contributed by atoms with E-state index in [1.54, 1.807) is 0 Å². The number of carbonyl (C=O) groups is 1. The Balaban J connectivity index is 1.52. The Morgan fingerprint density at radius 1 is 0.667 bits per heavy atom. The number of aromatic carboxylic acids is 1. The molecule has 0 radical (unpaired) electrons. The van der Waals surface area contributed by atoms with Gasteiger partial charge < -0.3 is 24.4 Å². The molecule has 0 saturated heterocycles. The van der Waals surface area contributed by atoms with Crippen molar-refractivity contribution in [2.45, 2.75) is 71.1 Å². The Morgan fingerprint density at radius 2 is 1.12 bits per heavy atom.